The number of ether oxygens (including phenoxy) is 6. The fourth-order valence-corrected chi connectivity index (χ4v) is 5.60. The molecule has 0 fully saturated rings. The van der Waals surface area contributed by atoms with Crippen LogP contribution in [0.15, 0.2) is 134 Å². The Morgan fingerprint density at radius 3 is 2.12 bits per heavy atom. The predicted octanol–water partition coefficient (Wildman–Crippen LogP) is 6.66. The van der Waals surface area contributed by atoms with Crippen molar-refractivity contribution in [2.24, 2.45) is 5.10 Å². The van der Waals surface area contributed by atoms with Crippen LogP contribution in [0.5, 0.6) is 17.2 Å². The van der Waals surface area contributed by atoms with Crippen molar-refractivity contribution in [3.63, 3.8) is 0 Å². The van der Waals surface area contributed by atoms with Gasteiger partial charge in [-0.15, -0.1) is 0 Å². The van der Waals surface area contributed by atoms with Gasteiger partial charge in [-0.25, -0.2) is 29.0 Å². The number of aromatic nitrogens is 1. The number of esters is 5. The summed E-state index contributed by atoms with van der Waals surface area (Å²) in [5.74, 6) is -2.46. The van der Waals surface area contributed by atoms with Gasteiger partial charge in [-0.1, -0.05) is 49.3 Å². The molecule has 4 aromatic carbocycles. The van der Waals surface area contributed by atoms with Gasteiger partial charge in [-0.2, -0.15) is 5.10 Å². The standard InChI is InChI=1S/C42H35N3O11S/c1-4-37(46)53-26-33(55-39(48)6-3)25-52-31-16-12-28(13-17-31)40(49)51-22-21-27-11-20-35(56-41(50)29-14-18-32(19-15-29)54-38(47)5-2)30(23-27)24-43-45-42-44-34-9-7-8-10-36(34)57-42/h4-20,23-24,33H,1-3,21-22,25-26H2,(H,44,45)/b43-24+. The molecule has 1 N–H and O–H groups in total. The van der Waals surface area contributed by atoms with Gasteiger partial charge in [0.1, 0.15) is 30.5 Å². The van der Waals surface area contributed by atoms with Gasteiger partial charge in [0, 0.05) is 30.2 Å². The van der Waals surface area contributed by atoms with Crippen LogP contribution in [0.4, 0.5) is 5.13 Å². The van der Waals surface area contributed by atoms with E-state index in [1.54, 1.807) is 30.3 Å². The van der Waals surface area contributed by atoms with E-state index in [0.717, 1.165) is 34.0 Å². The van der Waals surface area contributed by atoms with Crippen LogP contribution in [-0.4, -0.2) is 67.0 Å². The number of hydrogen-bond acceptors (Lipinski definition) is 15. The zero-order valence-corrected chi connectivity index (χ0v) is 31.1. The van der Waals surface area contributed by atoms with Crippen molar-refractivity contribution in [2.45, 2.75) is 12.5 Å². The molecule has 0 saturated carbocycles. The average Bonchev–Trinajstić information content (AvgIpc) is 3.65. The summed E-state index contributed by atoms with van der Waals surface area (Å²) in [4.78, 5) is 65.1. The van der Waals surface area contributed by atoms with Gasteiger partial charge in [0.05, 0.1) is 34.2 Å². The second-order valence-electron chi connectivity index (χ2n) is 11.6. The first kappa shape index (κ1) is 40.8. The van der Waals surface area contributed by atoms with E-state index < -0.39 is 36.0 Å². The summed E-state index contributed by atoms with van der Waals surface area (Å²) < 4.78 is 33.1. The van der Waals surface area contributed by atoms with Gasteiger partial charge < -0.3 is 28.4 Å². The fourth-order valence-electron chi connectivity index (χ4n) is 4.78. The van der Waals surface area contributed by atoms with Crippen LogP contribution in [0.1, 0.15) is 31.8 Å². The minimum Gasteiger partial charge on any atom is -0.490 e. The molecule has 1 atom stereocenters. The Morgan fingerprint density at radius 1 is 0.737 bits per heavy atom. The molecule has 0 aliphatic carbocycles. The first-order valence-corrected chi connectivity index (χ1v) is 17.9. The van der Waals surface area contributed by atoms with Crippen molar-refractivity contribution in [1.29, 1.82) is 0 Å². The highest BCUT2D eigenvalue weighted by Crippen LogP contribution is 2.26. The third kappa shape index (κ3) is 12.3. The molecule has 15 heteroatoms. The van der Waals surface area contributed by atoms with Crippen LogP contribution in [-0.2, 0) is 35.0 Å². The second-order valence-corrected chi connectivity index (χ2v) is 12.6. The van der Waals surface area contributed by atoms with E-state index in [1.807, 2.05) is 24.3 Å². The van der Waals surface area contributed by atoms with Crippen molar-refractivity contribution < 1.29 is 52.4 Å². The zero-order valence-electron chi connectivity index (χ0n) is 30.3. The molecule has 5 aromatic rings. The molecule has 0 spiro atoms. The Bertz CT molecular complexity index is 2270. The topological polar surface area (TPSA) is 178 Å². The lowest BCUT2D eigenvalue weighted by Gasteiger charge is -2.17. The number of benzene rings is 4. The first-order valence-electron chi connectivity index (χ1n) is 17.1. The lowest BCUT2D eigenvalue weighted by atomic mass is 10.1. The Labute approximate surface area is 330 Å². The molecule has 5 rings (SSSR count). The lowest BCUT2D eigenvalue weighted by molar-refractivity contribution is -0.154. The number of fused-ring (bicyclic) bond motifs is 1. The summed E-state index contributed by atoms with van der Waals surface area (Å²) in [7, 11) is 0. The summed E-state index contributed by atoms with van der Waals surface area (Å²) in [5, 5.41) is 4.90. The molecule has 0 radical (unpaired) electrons. The quantitative estimate of drug-likeness (QED) is 0.0235. The molecule has 290 valence electrons. The summed E-state index contributed by atoms with van der Waals surface area (Å²) >= 11 is 1.43. The van der Waals surface area contributed by atoms with E-state index in [4.69, 9.17) is 28.4 Å². The van der Waals surface area contributed by atoms with E-state index >= 15 is 0 Å². The monoisotopic (exact) mass is 789 g/mol. The molecule has 1 unspecified atom stereocenters. The molecular weight excluding hydrogens is 755 g/mol. The van der Waals surface area contributed by atoms with E-state index in [2.05, 4.69) is 35.2 Å². The third-order valence-electron chi connectivity index (χ3n) is 7.59. The Kier molecular flexibility index (Phi) is 14.6. The number of para-hydroxylation sites is 1. The van der Waals surface area contributed by atoms with E-state index in [0.29, 0.717) is 22.9 Å². The number of nitrogens with one attached hydrogen (secondary N) is 1. The number of rotatable bonds is 19. The zero-order chi connectivity index (χ0) is 40.6. The fraction of sp³-hybridized carbons (Fsp3) is 0.119. The van der Waals surface area contributed by atoms with Crippen LogP contribution in [0.2, 0.25) is 0 Å². The molecule has 1 heterocycles. The van der Waals surface area contributed by atoms with E-state index in [-0.39, 0.29) is 42.4 Å². The number of carbonyl (C=O) groups is 5. The maximum atomic E-state index is 13.1. The smallest absolute Gasteiger partial charge is 0.343 e. The predicted molar refractivity (Wildman–Crippen MR) is 212 cm³/mol. The minimum atomic E-state index is -0.916. The number of thiazole rings is 1. The highest BCUT2D eigenvalue weighted by atomic mass is 32.1. The maximum absolute atomic E-state index is 13.1. The third-order valence-corrected chi connectivity index (χ3v) is 8.53. The van der Waals surface area contributed by atoms with Gasteiger partial charge in [-0.3, -0.25) is 5.43 Å². The lowest BCUT2D eigenvalue weighted by Crippen LogP contribution is -2.30. The average molecular weight is 790 g/mol. The van der Waals surface area contributed by atoms with Crippen molar-refractivity contribution >= 4 is 62.7 Å². The summed E-state index contributed by atoms with van der Waals surface area (Å²) in [6.45, 7) is 9.66. The highest BCUT2D eigenvalue weighted by Gasteiger charge is 2.17. The van der Waals surface area contributed by atoms with E-state index in [9.17, 15) is 24.0 Å². The van der Waals surface area contributed by atoms with Gasteiger partial charge in [-0.05, 0) is 78.4 Å². The molecule has 0 bridgehead atoms. The Balaban J connectivity index is 1.21. The van der Waals surface area contributed by atoms with Crippen LogP contribution < -0.4 is 19.6 Å². The van der Waals surface area contributed by atoms with Crippen LogP contribution in [0.25, 0.3) is 10.2 Å². The molecule has 1 aromatic heterocycles. The van der Waals surface area contributed by atoms with Crippen molar-refractivity contribution in [3.05, 3.63) is 151 Å². The van der Waals surface area contributed by atoms with Gasteiger partial charge >= 0.3 is 29.8 Å². The Morgan fingerprint density at radius 2 is 1.42 bits per heavy atom. The summed E-state index contributed by atoms with van der Waals surface area (Å²) in [6, 6.07) is 24.7. The molecule has 0 saturated heterocycles. The van der Waals surface area contributed by atoms with Gasteiger partial charge in [0.15, 0.2) is 6.10 Å². The number of hydrazone groups is 1. The minimum absolute atomic E-state index is 0.0271. The first-order chi connectivity index (χ1) is 27.6. The number of carbonyl (C=O) groups excluding carboxylic acids is 5. The number of anilines is 1. The highest BCUT2D eigenvalue weighted by molar-refractivity contribution is 7.22. The molecule has 0 aliphatic heterocycles. The number of hydrogen-bond donors (Lipinski definition) is 1. The van der Waals surface area contributed by atoms with Crippen LogP contribution in [0.3, 0.4) is 0 Å². The van der Waals surface area contributed by atoms with Crippen LogP contribution >= 0.6 is 11.3 Å². The molecular formula is C42H35N3O11S. The van der Waals surface area contributed by atoms with Crippen molar-refractivity contribution in [1.82, 2.24) is 4.98 Å². The van der Waals surface area contributed by atoms with E-state index in [1.165, 1.54) is 53.9 Å². The molecule has 57 heavy (non-hydrogen) atoms. The van der Waals surface area contributed by atoms with Gasteiger partial charge in [0.2, 0.25) is 5.13 Å². The van der Waals surface area contributed by atoms with Crippen molar-refractivity contribution in [2.75, 3.05) is 25.2 Å². The molecule has 0 aliphatic rings. The maximum Gasteiger partial charge on any atom is 0.343 e. The SMILES string of the molecule is C=CC(=O)OCC(COc1ccc(C(=O)OCCc2ccc(OC(=O)c3ccc(OC(=O)C=C)cc3)c(/C=N/Nc3nc4ccccc4s3)c2)cc1)OC(=O)C=C. The summed E-state index contributed by atoms with van der Waals surface area (Å²) in [6.07, 6.45) is 3.88. The second kappa shape index (κ2) is 20.3. The van der Waals surface area contributed by atoms with Crippen molar-refractivity contribution in [3.8, 4) is 17.2 Å². The van der Waals surface area contributed by atoms with Crippen LogP contribution in [0, 0.1) is 0 Å². The largest absolute Gasteiger partial charge is 0.490 e. The van der Waals surface area contributed by atoms with Gasteiger partial charge in [0.25, 0.3) is 0 Å². The normalized spacial score (nSPS) is 11.2. The Hall–Kier alpha value is -7.39. The number of nitrogens with zero attached hydrogens (tertiary/aromatic N) is 2. The summed E-state index contributed by atoms with van der Waals surface area (Å²) in [5.41, 5.74) is 5.43. The molecule has 14 nitrogen and oxygen atoms in total. The molecule has 0 amide bonds.